The van der Waals surface area contributed by atoms with Crippen molar-refractivity contribution in [3.8, 4) is 0 Å². The van der Waals surface area contributed by atoms with Crippen LogP contribution in [0.1, 0.15) is 65.7 Å². The molecule has 0 aromatic heterocycles. The zero-order valence-corrected chi connectivity index (χ0v) is 9.03. The Morgan fingerprint density at radius 3 is 2.33 bits per heavy atom. The lowest BCUT2D eigenvalue weighted by Crippen LogP contribution is -2.34. The minimum absolute atomic E-state index is 0.746. The van der Waals surface area contributed by atoms with E-state index in [1.807, 2.05) is 0 Å². The van der Waals surface area contributed by atoms with Gasteiger partial charge in [-0.15, -0.1) is 0 Å². The second kappa shape index (κ2) is 4.30. The molecule has 0 atom stereocenters. The average molecular weight is 168 g/mol. The summed E-state index contributed by atoms with van der Waals surface area (Å²) in [5.74, 6) is 1.08. The van der Waals surface area contributed by atoms with Gasteiger partial charge in [-0.25, -0.2) is 0 Å². The van der Waals surface area contributed by atoms with Gasteiger partial charge in [-0.1, -0.05) is 46.5 Å². The van der Waals surface area contributed by atoms with Gasteiger partial charge in [0.15, 0.2) is 0 Å². The lowest BCUT2D eigenvalue weighted by molar-refractivity contribution is 0.0568. The van der Waals surface area contributed by atoms with Crippen LogP contribution in [0.3, 0.4) is 0 Å². The Balaban J connectivity index is 2.12. The first-order valence-corrected chi connectivity index (χ1v) is 5.70. The van der Waals surface area contributed by atoms with E-state index in [9.17, 15) is 0 Å². The molecule has 1 aliphatic carbocycles. The molecular weight excluding hydrogens is 144 g/mol. The van der Waals surface area contributed by atoms with Crippen LogP contribution in [-0.4, -0.2) is 0 Å². The highest BCUT2D eigenvalue weighted by Crippen LogP contribution is 2.50. The summed E-state index contributed by atoms with van der Waals surface area (Å²) in [6, 6.07) is 0. The van der Waals surface area contributed by atoms with E-state index in [2.05, 4.69) is 20.8 Å². The molecule has 1 aliphatic rings. The highest BCUT2D eigenvalue weighted by molar-refractivity contribution is 4.89. The first kappa shape index (κ1) is 10.1. The minimum atomic E-state index is 0.746. The summed E-state index contributed by atoms with van der Waals surface area (Å²) in [6.07, 6.45) is 10.2. The summed E-state index contributed by atoms with van der Waals surface area (Å²) in [5.41, 5.74) is 0.746. The highest BCUT2D eigenvalue weighted by Gasteiger charge is 2.38. The van der Waals surface area contributed by atoms with E-state index < -0.39 is 0 Å². The second-order valence-corrected chi connectivity index (χ2v) is 4.98. The molecule has 1 rings (SSSR count). The minimum Gasteiger partial charge on any atom is -0.0654 e. The van der Waals surface area contributed by atoms with Gasteiger partial charge in [-0.05, 0) is 30.6 Å². The summed E-state index contributed by atoms with van der Waals surface area (Å²) < 4.78 is 0. The van der Waals surface area contributed by atoms with Crippen LogP contribution in [0.5, 0.6) is 0 Å². The number of rotatable bonds is 5. The fraction of sp³-hybridized carbons (Fsp3) is 1.00. The highest BCUT2D eigenvalue weighted by atomic mass is 14.4. The van der Waals surface area contributed by atoms with Crippen LogP contribution >= 0.6 is 0 Å². The van der Waals surface area contributed by atoms with Gasteiger partial charge in [0.25, 0.3) is 0 Å². The van der Waals surface area contributed by atoms with Crippen molar-refractivity contribution in [2.45, 2.75) is 65.7 Å². The van der Waals surface area contributed by atoms with Crippen molar-refractivity contribution < 1.29 is 0 Å². The molecule has 1 saturated carbocycles. The first-order chi connectivity index (χ1) is 5.70. The summed E-state index contributed by atoms with van der Waals surface area (Å²) in [5, 5.41) is 0. The maximum absolute atomic E-state index is 2.48. The summed E-state index contributed by atoms with van der Waals surface area (Å²) in [7, 11) is 0. The van der Waals surface area contributed by atoms with Crippen molar-refractivity contribution in [2.24, 2.45) is 11.3 Å². The van der Waals surface area contributed by atoms with E-state index in [4.69, 9.17) is 0 Å². The van der Waals surface area contributed by atoms with E-state index in [-0.39, 0.29) is 0 Å². The average Bonchev–Trinajstić information content (AvgIpc) is 1.99. The molecule has 0 heterocycles. The molecule has 0 spiro atoms. The van der Waals surface area contributed by atoms with Crippen LogP contribution in [-0.2, 0) is 0 Å². The maximum Gasteiger partial charge on any atom is -0.0321 e. The lowest BCUT2D eigenvalue weighted by Gasteiger charge is -2.46. The van der Waals surface area contributed by atoms with E-state index >= 15 is 0 Å². The molecular formula is C12H24. The van der Waals surface area contributed by atoms with E-state index in [0.717, 1.165) is 11.3 Å². The van der Waals surface area contributed by atoms with Gasteiger partial charge >= 0.3 is 0 Å². The third-order valence-electron chi connectivity index (χ3n) is 3.39. The Morgan fingerprint density at radius 1 is 1.17 bits per heavy atom. The molecule has 72 valence electrons. The van der Waals surface area contributed by atoms with Gasteiger partial charge < -0.3 is 0 Å². The Morgan fingerprint density at radius 2 is 1.83 bits per heavy atom. The predicted octanol–water partition coefficient (Wildman–Crippen LogP) is 4.39. The molecule has 0 saturated heterocycles. The molecule has 0 bridgehead atoms. The van der Waals surface area contributed by atoms with Crippen molar-refractivity contribution in [3.63, 3.8) is 0 Å². The van der Waals surface area contributed by atoms with Crippen molar-refractivity contribution in [2.75, 3.05) is 0 Å². The Kier molecular flexibility index (Phi) is 3.61. The SMILES string of the molecule is CCCCC1(C)CC(CCC)C1. The summed E-state index contributed by atoms with van der Waals surface area (Å²) in [4.78, 5) is 0. The quantitative estimate of drug-likeness (QED) is 0.571. The van der Waals surface area contributed by atoms with Crippen molar-refractivity contribution in [3.05, 3.63) is 0 Å². The van der Waals surface area contributed by atoms with Crippen LogP contribution in [0, 0.1) is 11.3 Å². The summed E-state index contributed by atoms with van der Waals surface area (Å²) in [6.45, 7) is 7.09. The predicted molar refractivity (Wildman–Crippen MR) is 55.3 cm³/mol. The fourth-order valence-electron chi connectivity index (χ4n) is 2.75. The van der Waals surface area contributed by atoms with Gasteiger partial charge in [0.1, 0.15) is 0 Å². The Hall–Kier alpha value is 0. The monoisotopic (exact) mass is 168 g/mol. The fourth-order valence-corrected chi connectivity index (χ4v) is 2.75. The molecule has 0 nitrogen and oxygen atoms in total. The Labute approximate surface area is 77.7 Å². The normalized spacial score (nSPS) is 34.8. The maximum atomic E-state index is 2.48. The third-order valence-corrected chi connectivity index (χ3v) is 3.39. The van der Waals surface area contributed by atoms with Crippen LogP contribution in [0.4, 0.5) is 0 Å². The third kappa shape index (κ3) is 2.50. The van der Waals surface area contributed by atoms with Gasteiger partial charge in [0.2, 0.25) is 0 Å². The molecule has 0 amide bonds. The molecule has 0 aromatic carbocycles. The smallest absolute Gasteiger partial charge is 0.0321 e. The zero-order valence-electron chi connectivity index (χ0n) is 9.03. The number of hydrogen-bond donors (Lipinski definition) is 0. The van der Waals surface area contributed by atoms with Gasteiger partial charge in [-0.2, -0.15) is 0 Å². The van der Waals surface area contributed by atoms with Crippen molar-refractivity contribution >= 4 is 0 Å². The molecule has 12 heavy (non-hydrogen) atoms. The van der Waals surface area contributed by atoms with Crippen LogP contribution in [0.15, 0.2) is 0 Å². The molecule has 0 heteroatoms. The lowest BCUT2D eigenvalue weighted by atomic mass is 9.60. The molecule has 0 N–H and O–H groups in total. The topological polar surface area (TPSA) is 0 Å². The molecule has 0 aliphatic heterocycles. The number of unbranched alkanes of at least 4 members (excludes halogenated alkanes) is 1. The largest absolute Gasteiger partial charge is 0.0654 e. The number of hydrogen-bond acceptors (Lipinski definition) is 0. The van der Waals surface area contributed by atoms with Gasteiger partial charge in [-0.3, -0.25) is 0 Å². The molecule has 0 unspecified atom stereocenters. The van der Waals surface area contributed by atoms with E-state index in [1.54, 1.807) is 0 Å². The van der Waals surface area contributed by atoms with E-state index in [0.29, 0.717) is 0 Å². The second-order valence-electron chi connectivity index (χ2n) is 4.98. The van der Waals surface area contributed by atoms with Crippen LogP contribution < -0.4 is 0 Å². The van der Waals surface area contributed by atoms with Crippen molar-refractivity contribution in [1.82, 2.24) is 0 Å². The van der Waals surface area contributed by atoms with Gasteiger partial charge in [0, 0.05) is 0 Å². The van der Waals surface area contributed by atoms with Crippen molar-refractivity contribution in [1.29, 1.82) is 0 Å². The van der Waals surface area contributed by atoms with Gasteiger partial charge in [0.05, 0.1) is 0 Å². The van der Waals surface area contributed by atoms with E-state index in [1.165, 1.54) is 44.9 Å². The standard InChI is InChI=1S/C12H24/c1-4-6-8-12(3)9-11(10-12)7-5-2/h11H,4-10H2,1-3H3. The molecule has 0 radical (unpaired) electrons. The zero-order chi connectivity index (χ0) is 9.03. The molecule has 0 aromatic rings. The Bertz CT molecular complexity index is 120. The molecule has 1 fully saturated rings. The van der Waals surface area contributed by atoms with Crippen LogP contribution in [0.25, 0.3) is 0 Å². The summed E-state index contributed by atoms with van der Waals surface area (Å²) >= 11 is 0. The first-order valence-electron chi connectivity index (χ1n) is 5.70. The van der Waals surface area contributed by atoms with Crippen LogP contribution in [0.2, 0.25) is 0 Å².